The summed E-state index contributed by atoms with van der Waals surface area (Å²) in [5.41, 5.74) is 1.44. The molecule has 164 valence electrons. The molecular formula is C22H25N9O. The fourth-order valence-electron chi connectivity index (χ4n) is 4.97. The number of aromatic hydroxyl groups is 1. The second-order valence-electron chi connectivity index (χ2n) is 9.00. The van der Waals surface area contributed by atoms with E-state index in [0.29, 0.717) is 29.2 Å². The van der Waals surface area contributed by atoms with Crippen LogP contribution in [-0.4, -0.2) is 60.0 Å². The van der Waals surface area contributed by atoms with Crippen molar-refractivity contribution in [1.29, 1.82) is 5.26 Å². The van der Waals surface area contributed by atoms with Gasteiger partial charge in [-0.25, -0.2) is 9.67 Å². The maximum absolute atomic E-state index is 10.5. The molecular weight excluding hydrogens is 406 g/mol. The molecule has 2 aliphatic heterocycles. The molecule has 2 aromatic heterocycles. The molecule has 0 radical (unpaired) electrons. The standard InChI is InChI=1S/C22H25N9O/c1-22-7-3-4-14(25-22)8-17(10-22)30(2)20-12-24-21(28-27-20)18-6-5-16(9-19(18)32)31-13-15(11-23)26-29-31/h5-6,9,12-14,17,25,32H,3-4,7-8,10H2,1-2H3/t14-,17-,22+/m0/s1. The highest BCUT2D eigenvalue weighted by Crippen LogP contribution is 2.36. The van der Waals surface area contributed by atoms with E-state index in [1.165, 1.54) is 36.2 Å². The Morgan fingerprint density at radius 3 is 2.88 bits per heavy atom. The number of aromatic nitrogens is 6. The van der Waals surface area contributed by atoms with Gasteiger partial charge in [0.1, 0.15) is 11.8 Å². The molecule has 10 nitrogen and oxygen atoms in total. The third kappa shape index (κ3) is 3.76. The van der Waals surface area contributed by atoms with E-state index in [4.69, 9.17) is 5.26 Å². The van der Waals surface area contributed by atoms with Crippen molar-refractivity contribution < 1.29 is 5.11 Å². The van der Waals surface area contributed by atoms with E-state index >= 15 is 0 Å². The van der Waals surface area contributed by atoms with E-state index in [2.05, 4.69) is 49.7 Å². The van der Waals surface area contributed by atoms with E-state index < -0.39 is 0 Å². The fraction of sp³-hybridized carbons (Fsp3) is 0.455. The smallest absolute Gasteiger partial charge is 0.185 e. The molecule has 0 spiro atoms. The Morgan fingerprint density at radius 1 is 1.31 bits per heavy atom. The zero-order valence-electron chi connectivity index (χ0n) is 18.1. The van der Waals surface area contributed by atoms with Gasteiger partial charge in [-0.2, -0.15) is 5.26 Å². The predicted molar refractivity (Wildman–Crippen MR) is 117 cm³/mol. The topological polar surface area (TPSA) is 129 Å². The Labute approximate surface area is 185 Å². The molecule has 0 aliphatic carbocycles. The predicted octanol–water partition coefficient (Wildman–Crippen LogP) is 2.20. The van der Waals surface area contributed by atoms with E-state index in [-0.39, 0.29) is 17.0 Å². The molecule has 3 aromatic rings. The molecule has 0 amide bonds. The number of hydrogen-bond donors (Lipinski definition) is 2. The van der Waals surface area contributed by atoms with Crippen LogP contribution in [0.25, 0.3) is 17.1 Å². The number of benzene rings is 1. The number of nitrogens with zero attached hydrogens (tertiary/aromatic N) is 8. The number of phenols is 1. The van der Waals surface area contributed by atoms with Crippen molar-refractivity contribution >= 4 is 5.82 Å². The summed E-state index contributed by atoms with van der Waals surface area (Å²) in [7, 11) is 2.06. The molecule has 3 atom stereocenters. The maximum atomic E-state index is 10.5. The minimum atomic E-state index is -0.00137. The van der Waals surface area contributed by atoms with Crippen LogP contribution in [0.5, 0.6) is 5.75 Å². The van der Waals surface area contributed by atoms with Crippen LogP contribution in [-0.2, 0) is 0 Å². The number of fused-ring (bicyclic) bond motifs is 2. The molecule has 2 aliphatic rings. The Bertz CT molecular complexity index is 1170. The summed E-state index contributed by atoms with van der Waals surface area (Å²) < 4.78 is 1.42. The van der Waals surface area contributed by atoms with Crippen molar-refractivity contribution in [1.82, 2.24) is 35.5 Å². The Hall–Kier alpha value is -3.58. The summed E-state index contributed by atoms with van der Waals surface area (Å²) in [6, 6.07) is 7.86. The van der Waals surface area contributed by atoms with Crippen LogP contribution in [0.15, 0.2) is 30.6 Å². The molecule has 1 aromatic carbocycles. The van der Waals surface area contributed by atoms with Crippen LogP contribution < -0.4 is 10.2 Å². The summed E-state index contributed by atoms with van der Waals surface area (Å²) in [5, 5.41) is 39.5. The Balaban J connectivity index is 1.34. The SMILES string of the molecule is CN(c1cnc(-c2ccc(-n3cc(C#N)nn3)cc2O)nn1)[C@H]1C[C@@H]2CCC[C@](C)(C1)N2. The van der Waals surface area contributed by atoms with Gasteiger partial charge in [0.05, 0.1) is 23.6 Å². The first-order valence-corrected chi connectivity index (χ1v) is 10.8. The minimum Gasteiger partial charge on any atom is -0.507 e. The lowest BCUT2D eigenvalue weighted by molar-refractivity contribution is 0.140. The van der Waals surface area contributed by atoms with Crippen molar-refractivity contribution in [2.75, 3.05) is 11.9 Å². The summed E-state index contributed by atoms with van der Waals surface area (Å²) in [6.45, 7) is 2.32. The Morgan fingerprint density at radius 2 is 2.19 bits per heavy atom. The average Bonchev–Trinajstić information content (AvgIpc) is 3.27. The summed E-state index contributed by atoms with van der Waals surface area (Å²) in [4.78, 5) is 6.65. The molecule has 5 rings (SSSR count). The quantitative estimate of drug-likeness (QED) is 0.638. The normalized spacial score (nSPS) is 24.7. The van der Waals surface area contributed by atoms with Crippen LogP contribution in [0, 0.1) is 11.3 Å². The van der Waals surface area contributed by atoms with Crippen molar-refractivity contribution in [3.63, 3.8) is 0 Å². The number of hydrogen-bond acceptors (Lipinski definition) is 9. The largest absolute Gasteiger partial charge is 0.507 e. The first kappa shape index (κ1) is 20.3. The van der Waals surface area contributed by atoms with Gasteiger partial charge in [-0.05, 0) is 44.7 Å². The molecule has 2 saturated heterocycles. The van der Waals surface area contributed by atoms with Crippen LogP contribution in [0.3, 0.4) is 0 Å². The van der Waals surface area contributed by atoms with Crippen molar-refractivity contribution in [2.24, 2.45) is 0 Å². The molecule has 0 unspecified atom stereocenters. The maximum Gasteiger partial charge on any atom is 0.185 e. The summed E-state index contributed by atoms with van der Waals surface area (Å²) in [6.07, 6.45) is 9.09. The number of nitrogens with one attached hydrogen (secondary N) is 1. The van der Waals surface area contributed by atoms with Crippen LogP contribution in [0.4, 0.5) is 5.82 Å². The molecule has 2 fully saturated rings. The lowest BCUT2D eigenvalue weighted by Gasteiger charge is -2.49. The second-order valence-corrected chi connectivity index (χ2v) is 9.00. The van der Waals surface area contributed by atoms with Crippen molar-refractivity contribution in [3.8, 4) is 28.9 Å². The highest BCUT2D eigenvalue weighted by molar-refractivity contribution is 5.66. The first-order chi connectivity index (χ1) is 15.4. The Kier molecular flexibility index (Phi) is 4.98. The van der Waals surface area contributed by atoms with E-state index in [0.717, 1.165) is 18.7 Å². The summed E-state index contributed by atoms with van der Waals surface area (Å²) in [5.74, 6) is 1.07. The highest BCUT2D eigenvalue weighted by atomic mass is 16.3. The van der Waals surface area contributed by atoms with Crippen molar-refractivity contribution in [3.05, 3.63) is 36.3 Å². The van der Waals surface area contributed by atoms with E-state index in [1.54, 1.807) is 18.3 Å². The number of phenolic OH excluding ortho intramolecular Hbond substituents is 1. The number of anilines is 1. The molecule has 2 bridgehead atoms. The van der Waals surface area contributed by atoms with Crippen LogP contribution in [0.2, 0.25) is 0 Å². The van der Waals surface area contributed by atoms with Gasteiger partial charge in [-0.15, -0.1) is 15.3 Å². The highest BCUT2D eigenvalue weighted by Gasteiger charge is 2.40. The lowest BCUT2D eigenvalue weighted by Crippen LogP contribution is -2.61. The number of rotatable bonds is 4. The van der Waals surface area contributed by atoms with Crippen molar-refractivity contribution in [2.45, 2.75) is 56.7 Å². The van der Waals surface area contributed by atoms with Gasteiger partial charge in [0.2, 0.25) is 0 Å². The molecule has 10 heteroatoms. The monoisotopic (exact) mass is 431 g/mol. The van der Waals surface area contributed by atoms with Gasteiger partial charge in [0.25, 0.3) is 0 Å². The molecule has 4 heterocycles. The van der Waals surface area contributed by atoms with Gasteiger partial charge < -0.3 is 15.3 Å². The van der Waals surface area contributed by atoms with Gasteiger partial charge >= 0.3 is 0 Å². The molecule has 2 N–H and O–H groups in total. The van der Waals surface area contributed by atoms with Gasteiger partial charge in [0, 0.05) is 30.7 Å². The van der Waals surface area contributed by atoms with Gasteiger partial charge in [-0.3, -0.25) is 0 Å². The zero-order chi connectivity index (χ0) is 22.3. The number of nitriles is 1. The first-order valence-electron chi connectivity index (χ1n) is 10.8. The third-order valence-corrected chi connectivity index (χ3v) is 6.63. The minimum absolute atomic E-state index is 0.00137. The van der Waals surface area contributed by atoms with Crippen LogP contribution >= 0.6 is 0 Å². The third-order valence-electron chi connectivity index (χ3n) is 6.63. The lowest BCUT2D eigenvalue weighted by atomic mass is 9.75. The van der Waals surface area contributed by atoms with Crippen LogP contribution in [0.1, 0.15) is 44.7 Å². The average molecular weight is 432 g/mol. The molecule has 0 saturated carbocycles. The fourth-order valence-corrected chi connectivity index (χ4v) is 4.97. The second kappa shape index (κ2) is 7.84. The van der Waals surface area contributed by atoms with E-state index in [1.807, 2.05) is 6.07 Å². The van der Waals surface area contributed by atoms with E-state index in [9.17, 15) is 5.11 Å². The number of piperidine rings is 2. The zero-order valence-corrected chi connectivity index (χ0v) is 18.1. The molecule has 32 heavy (non-hydrogen) atoms. The van der Waals surface area contributed by atoms with Gasteiger partial charge in [-0.1, -0.05) is 11.6 Å². The summed E-state index contributed by atoms with van der Waals surface area (Å²) >= 11 is 0. The van der Waals surface area contributed by atoms with Gasteiger partial charge in [0.15, 0.2) is 17.3 Å².